The Hall–Kier alpha value is -2.83. The van der Waals surface area contributed by atoms with Crippen LogP contribution in [0.15, 0.2) is 117 Å². The predicted molar refractivity (Wildman–Crippen MR) is 183 cm³/mol. The Morgan fingerprint density at radius 1 is 0.587 bits per heavy atom. The van der Waals surface area contributed by atoms with Crippen molar-refractivity contribution < 1.29 is 22.8 Å². The van der Waals surface area contributed by atoms with Gasteiger partial charge in [0.25, 0.3) is 0 Å². The fraction of sp³-hybridized carbons (Fsp3) is 0.333. The lowest BCUT2D eigenvalue weighted by Gasteiger charge is -2.44. The van der Waals surface area contributed by atoms with Gasteiger partial charge in [0, 0.05) is 19.6 Å². The van der Waals surface area contributed by atoms with Crippen molar-refractivity contribution in [1.29, 1.82) is 0 Å². The van der Waals surface area contributed by atoms with Crippen molar-refractivity contribution in [3.63, 3.8) is 0 Å². The molecular formula is C36H36N2O5S3. The van der Waals surface area contributed by atoms with Crippen LogP contribution < -0.4 is 9.80 Å². The molecule has 9 rings (SSSR count). The number of rotatable bonds is 2. The third-order valence-corrected chi connectivity index (χ3v) is 12.6. The molecule has 4 unspecified atom stereocenters. The van der Waals surface area contributed by atoms with Crippen LogP contribution in [0.2, 0.25) is 0 Å². The second-order valence-corrected chi connectivity index (χ2v) is 15.2. The van der Waals surface area contributed by atoms with Crippen molar-refractivity contribution in [3.05, 3.63) is 97.1 Å². The molecule has 46 heavy (non-hydrogen) atoms. The molecule has 3 aliphatic heterocycles. The summed E-state index contributed by atoms with van der Waals surface area (Å²) in [4.78, 5) is 9.51. The van der Waals surface area contributed by atoms with Crippen LogP contribution in [0, 0.1) is 0 Å². The number of nitrogens with zero attached hydrogens (tertiary/aromatic N) is 2. The van der Waals surface area contributed by atoms with Crippen LogP contribution in [0.5, 0.6) is 0 Å². The summed E-state index contributed by atoms with van der Waals surface area (Å²) >= 11 is 1.95. The first kappa shape index (κ1) is 30.5. The van der Waals surface area contributed by atoms with Crippen molar-refractivity contribution in [2.45, 2.75) is 94.6 Å². The highest BCUT2D eigenvalue weighted by Crippen LogP contribution is 2.52. The summed E-state index contributed by atoms with van der Waals surface area (Å²) in [5.74, 6) is 0. The maximum Gasteiger partial charge on any atom is 0.305 e. The third kappa shape index (κ3) is 5.57. The summed E-state index contributed by atoms with van der Waals surface area (Å²) in [6.45, 7) is 0. The number of benzene rings is 4. The van der Waals surface area contributed by atoms with E-state index in [2.05, 4.69) is 82.6 Å². The van der Waals surface area contributed by atoms with Gasteiger partial charge in [0.05, 0.1) is 40.9 Å². The summed E-state index contributed by atoms with van der Waals surface area (Å²) in [5, 5.41) is 20.6. The van der Waals surface area contributed by atoms with Crippen molar-refractivity contribution >= 4 is 57.6 Å². The minimum absolute atomic E-state index is 0.0708. The standard InChI is InChI=1S/C18H17NO3S2.C18H19NO2S/c20-24-21-15-9-5-8-14(18(15)22-24)19-12-6-1-3-10-16(12)23-17-11-4-2-7-13(17)19;20-15-9-5-8-14(18(15)21)19-12-6-1-3-10-16(12)22-17-11-4-2-7-13(17)19/h1-4,6-7,10-11,14-15,18H,5,8-9H2;1-4,6-7,10-11,14-15,18,20-21H,5,8-9H2/t14?,15-,18?,24?;14?,15-,18+/m00/s1. The first-order valence-corrected chi connectivity index (χ1v) is 18.6. The molecule has 3 fully saturated rings. The highest BCUT2D eigenvalue weighted by Gasteiger charge is 2.47. The Morgan fingerprint density at radius 2 is 1.02 bits per heavy atom. The summed E-state index contributed by atoms with van der Waals surface area (Å²) < 4.78 is 22.9. The molecule has 3 heterocycles. The smallest absolute Gasteiger partial charge is 0.305 e. The molecule has 10 heteroatoms. The number of hydrogen-bond donors (Lipinski definition) is 2. The normalized spacial score (nSPS) is 29.3. The van der Waals surface area contributed by atoms with Crippen LogP contribution >= 0.6 is 23.5 Å². The molecule has 0 amide bonds. The number of hydrogen-bond acceptors (Lipinski definition) is 9. The van der Waals surface area contributed by atoms with E-state index in [1.54, 1.807) is 23.5 Å². The molecule has 7 atom stereocenters. The van der Waals surface area contributed by atoms with Gasteiger partial charge in [-0.25, -0.2) is 0 Å². The van der Waals surface area contributed by atoms with Crippen LogP contribution in [-0.2, 0) is 19.7 Å². The van der Waals surface area contributed by atoms with Crippen molar-refractivity contribution in [2.24, 2.45) is 0 Å². The Morgan fingerprint density at radius 3 is 1.54 bits per heavy atom. The maximum absolute atomic E-state index is 11.8. The molecule has 5 aliphatic rings. The molecule has 2 saturated carbocycles. The first-order valence-electron chi connectivity index (χ1n) is 16.0. The molecule has 0 aromatic heterocycles. The molecule has 1 saturated heterocycles. The molecule has 0 radical (unpaired) electrons. The van der Waals surface area contributed by atoms with Gasteiger partial charge in [-0.15, -0.1) is 0 Å². The predicted octanol–water partition coefficient (Wildman–Crippen LogP) is 7.77. The van der Waals surface area contributed by atoms with Gasteiger partial charge in [-0.2, -0.15) is 4.21 Å². The van der Waals surface area contributed by atoms with Gasteiger partial charge in [-0.05, 0) is 87.1 Å². The second-order valence-electron chi connectivity index (χ2n) is 12.3. The molecule has 0 bridgehead atoms. The van der Waals surface area contributed by atoms with E-state index in [-0.39, 0.29) is 24.3 Å². The van der Waals surface area contributed by atoms with Crippen LogP contribution in [-0.4, -0.2) is 50.9 Å². The van der Waals surface area contributed by atoms with Crippen LogP contribution in [0.1, 0.15) is 38.5 Å². The molecule has 4 aromatic carbocycles. The van der Waals surface area contributed by atoms with Gasteiger partial charge in [-0.3, -0.25) is 8.37 Å². The monoisotopic (exact) mass is 672 g/mol. The lowest BCUT2D eigenvalue weighted by molar-refractivity contribution is -0.0206. The number of anilines is 4. The molecule has 2 N–H and O–H groups in total. The van der Waals surface area contributed by atoms with E-state index in [4.69, 9.17) is 8.37 Å². The topological polar surface area (TPSA) is 82.5 Å². The molecule has 0 spiro atoms. The van der Waals surface area contributed by atoms with Gasteiger partial charge in [-0.1, -0.05) is 72.1 Å². The minimum Gasteiger partial charge on any atom is -0.390 e. The third-order valence-electron chi connectivity index (χ3n) is 9.52. The summed E-state index contributed by atoms with van der Waals surface area (Å²) in [7, 11) is 0. The van der Waals surface area contributed by atoms with Gasteiger partial charge in [0.15, 0.2) is 0 Å². The van der Waals surface area contributed by atoms with Crippen LogP contribution in [0.3, 0.4) is 0 Å². The van der Waals surface area contributed by atoms with Gasteiger partial charge in [0.1, 0.15) is 18.3 Å². The lowest BCUT2D eigenvalue weighted by Crippen LogP contribution is -2.50. The van der Waals surface area contributed by atoms with E-state index in [1.807, 2.05) is 24.3 Å². The summed E-state index contributed by atoms with van der Waals surface area (Å²) in [5.41, 5.74) is 4.66. The SMILES string of the molecule is O=S1OC2C(N3c4ccccc4Sc4ccccc43)CCC[C@@H]2O1.O[C@@H]1C(N2c3ccccc3Sc3ccccc32)CCC[C@@H]1O. The Labute approximate surface area is 280 Å². The fourth-order valence-electron chi connectivity index (χ4n) is 7.42. The Balaban J connectivity index is 0.000000136. The minimum atomic E-state index is -1.62. The average molecular weight is 673 g/mol. The molecule has 238 valence electrons. The van der Waals surface area contributed by atoms with Crippen molar-refractivity contribution in [1.82, 2.24) is 0 Å². The van der Waals surface area contributed by atoms with Gasteiger partial charge < -0.3 is 20.0 Å². The quantitative estimate of drug-likeness (QED) is 0.222. The lowest BCUT2D eigenvalue weighted by atomic mass is 9.88. The summed E-state index contributed by atoms with van der Waals surface area (Å²) in [6.07, 6.45) is 3.94. The van der Waals surface area contributed by atoms with Gasteiger partial charge in [0.2, 0.25) is 0 Å². The zero-order valence-corrected chi connectivity index (χ0v) is 27.6. The van der Waals surface area contributed by atoms with Gasteiger partial charge >= 0.3 is 11.4 Å². The second kappa shape index (κ2) is 13.0. The van der Waals surface area contributed by atoms with Crippen molar-refractivity contribution in [2.75, 3.05) is 9.80 Å². The first-order chi connectivity index (χ1) is 22.6. The zero-order valence-electron chi connectivity index (χ0n) is 25.2. The maximum atomic E-state index is 11.8. The fourth-order valence-corrected chi connectivity index (χ4v) is 10.5. The van der Waals surface area contributed by atoms with E-state index in [0.29, 0.717) is 6.42 Å². The summed E-state index contributed by atoms with van der Waals surface area (Å²) in [6, 6.07) is 33.6. The van der Waals surface area contributed by atoms with E-state index in [9.17, 15) is 14.4 Å². The number of para-hydroxylation sites is 4. The highest BCUT2D eigenvalue weighted by molar-refractivity contribution is 8.00. The van der Waals surface area contributed by atoms with Crippen LogP contribution in [0.4, 0.5) is 22.7 Å². The Kier molecular flexibility index (Phi) is 8.61. The number of fused-ring (bicyclic) bond motifs is 5. The number of aliphatic hydroxyl groups is 2. The Bertz CT molecular complexity index is 1670. The van der Waals surface area contributed by atoms with E-state index in [1.165, 1.54) is 31.0 Å². The average Bonchev–Trinajstić information content (AvgIpc) is 3.48. The van der Waals surface area contributed by atoms with Crippen molar-refractivity contribution in [3.8, 4) is 0 Å². The van der Waals surface area contributed by atoms with E-state index >= 15 is 0 Å². The zero-order chi connectivity index (χ0) is 31.2. The molecular weight excluding hydrogens is 637 g/mol. The largest absolute Gasteiger partial charge is 0.390 e. The number of aliphatic hydroxyl groups excluding tert-OH is 2. The molecule has 4 aromatic rings. The van der Waals surface area contributed by atoms with E-state index in [0.717, 1.165) is 43.5 Å². The van der Waals surface area contributed by atoms with E-state index < -0.39 is 23.6 Å². The molecule has 2 aliphatic carbocycles. The van der Waals surface area contributed by atoms with Crippen LogP contribution in [0.25, 0.3) is 0 Å². The highest BCUT2D eigenvalue weighted by atomic mass is 32.2. The molecule has 7 nitrogen and oxygen atoms in total.